The molecule has 4 aliphatic heterocycles. The minimum absolute atomic E-state index is 0.0377. The number of hydrogen-bond donors (Lipinski definition) is 1. The molecule has 12 heteroatoms. The number of carbonyl (C=O) groups is 3. The van der Waals surface area contributed by atoms with Crippen LogP contribution >= 0.6 is 31.9 Å². The van der Waals surface area contributed by atoms with Gasteiger partial charge in [-0.05, 0) is 94.1 Å². The van der Waals surface area contributed by atoms with Crippen LogP contribution in [0.15, 0.2) is 51.4 Å². The lowest BCUT2D eigenvalue weighted by Gasteiger charge is -2.40. The Labute approximate surface area is 295 Å². The van der Waals surface area contributed by atoms with E-state index in [1.54, 1.807) is 4.90 Å². The molecule has 0 radical (unpaired) electrons. The first kappa shape index (κ1) is 34.2. The molecule has 2 aromatic carbocycles. The maximum absolute atomic E-state index is 14.0. The van der Waals surface area contributed by atoms with Gasteiger partial charge in [-0.2, -0.15) is 0 Å². The lowest BCUT2D eigenvalue weighted by Crippen LogP contribution is -2.52. The van der Waals surface area contributed by atoms with E-state index in [1.807, 2.05) is 46.2 Å². The Balaban J connectivity index is 1.07. The van der Waals surface area contributed by atoms with E-state index in [1.165, 1.54) is 6.42 Å². The normalized spacial score (nSPS) is 21.4. The van der Waals surface area contributed by atoms with Crippen molar-refractivity contribution in [2.45, 2.75) is 63.1 Å². The van der Waals surface area contributed by atoms with E-state index >= 15 is 0 Å². The van der Waals surface area contributed by atoms with Gasteiger partial charge in [0.15, 0.2) is 6.10 Å². The number of fused-ring (bicyclic) bond motifs is 1. The SMILES string of the molecule is CN1CCCN(C2CCN(C(=O)[C@@H](Cc3cc(Br)cc(Br)c3)OC(=O)N3CCC(N4CCc5ccccc5NC4=O)CC3)CC2)CC1. The Morgan fingerprint density at radius 3 is 2.28 bits per heavy atom. The summed E-state index contributed by atoms with van der Waals surface area (Å²) in [6.07, 6.45) is 4.07. The fourth-order valence-corrected chi connectivity index (χ4v) is 8.89. The number of amides is 4. The van der Waals surface area contributed by atoms with Crippen molar-refractivity contribution in [3.05, 3.63) is 62.5 Å². The number of anilines is 1. The molecule has 0 aliphatic carbocycles. The van der Waals surface area contributed by atoms with Gasteiger partial charge in [0.2, 0.25) is 0 Å². The summed E-state index contributed by atoms with van der Waals surface area (Å²) in [5.74, 6) is -0.126. The molecule has 4 aliphatic rings. The second kappa shape index (κ2) is 15.7. The van der Waals surface area contributed by atoms with Crippen LogP contribution in [0.5, 0.6) is 0 Å². The summed E-state index contributed by atoms with van der Waals surface area (Å²) in [6.45, 7) is 7.30. The number of halogens is 2. The zero-order valence-corrected chi connectivity index (χ0v) is 30.4. The molecule has 0 bridgehead atoms. The van der Waals surface area contributed by atoms with E-state index in [4.69, 9.17) is 4.74 Å². The standard InChI is InChI=1S/C35H46Br2N6O4/c1-39-12-4-13-40(20-19-39)29-8-14-41(15-9-29)33(44)32(23-25-21-27(36)24-28(37)22-25)47-35(46)42-16-10-30(11-17-42)43-18-7-26-5-2-3-6-31(26)38-34(43)45/h2-3,5-6,21-22,24,29-30,32H,4,7-20,23H2,1H3,(H,38,45)/t32-/m1/s1. The number of carbonyl (C=O) groups excluding carboxylic acids is 3. The topological polar surface area (TPSA) is 88.7 Å². The minimum atomic E-state index is -0.917. The van der Waals surface area contributed by atoms with Gasteiger partial charge in [0.25, 0.3) is 5.91 Å². The molecule has 1 atom stereocenters. The number of ether oxygens (including phenoxy) is 1. The van der Waals surface area contributed by atoms with Gasteiger partial charge in [-0.15, -0.1) is 0 Å². The van der Waals surface area contributed by atoms with Crippen molar-refractivity contribution in [1.82, 2.24) is 24.5 Å². The second-order valence-corrected chi connectivity index (χ2v) is 15.2. The summed E-state index contributed by atoms with van der Waals surface area (Å²) in [6, 6.07) is 14.2. The zero-order valence-electron chi connectivity index (χ0n) is 27.2. The number of piperidine rings is 2. The van der Waals surface area contributed by atoms with Gasteiger partial charge >= 0.3 is 12.1 Å². The van der Waals surface area contributed by atoms with E-state index in [0.717, 1.165) is 71.2 Å². The van der Waals surface area contributed by atoms with Gasteiger partial charge in [-0.1, -0.05) is 50.1 Å². The summed E-state index contributed by atoms with van der Waals surface area (Å²) in [4.78, 5) is 51.2. The molecule has 47 heavy (non-hydrogen) atoms. The van der Waals surface area contributed by atoms with Crippen LogP contribution < -0.4 is 5.32 Å². The van der Waals surface area contributed by atoms with E-state index < -0.39 is 12.2 Å². The van der Waals surface area contributed by atoms with Crippen LogP contribution in [0.4, 0.5) is 15.3 Å². The number of para-hydroxylation sites is 1. The largest absolute Gasteiger partial charge is 0.436 e. The highest BCUT2D eigenvalue weighted by Gasteiger charge is 2.36. The van der Waals surface area contributed by atoms with Crippen LogP contribution in [0.25, 0.3) is 0 Å². The number of benzene rings is 2. The van der Waals surface area contributed by atoms with Crippen molar-refractivity contribution in [3.8, 4) is 0 Å². The summed E-state index contributed by atoms with van der Waals surface area (Å²) in [5.41, 5.74) is 2.91. The van der Waals surface area contributed by atoms with Crippen molar-refractivity contribution in [2.75, 3.05) is 71.3 Å². The van der Waals surface area contributed by atoms with Crippen molar-refractivity contribution in [2.24, 2.45) is 0 Å². The molecule has 4 amide bonds. The maximum Gasteiger partial charge on any atom is 0.410 e. The molecule has 6 rings (SSSR count). The monoisotopic (exact) mass is 772 g/mol. The Morgan fingerprint density at radius 1 is 0.851 bits per heavy atom. The molecule has 0 aromatic heterocycles. The predicted octanol–water partition coefficient (Wildman–Crippen LogP) is 5.44. The van der Waals surface area contributed by atoms with Crippen LogP contribution in [0.3, 0.4) is 0 Å². The Hall–Kier alpha value is -2.67. The number of likely N-dealkylation sites (N-methyl/N-ethyl adjacent to an activating group) is 1. The van der Waals surface area contributed by atoms with Crippen LogP contribution in [-0.4, -0.2) is 127 Å². The van der Waals surface area contributed by atoms with E-state index in [0.29, 0.717) is 58.0 Å². The molecule has 3 fully saturated rings. The lowest BCUT2D eigenvalue weighted by atomic mass is 10.0. The molecule has 254 valence electrons. The highest BCUT2D eigenvalue weighted by atomic mass is 79.9. The second-order valence-electron chi connectivity index (χ2n) is 13.4. The van der Waals surface area contributed by atoms with Crippen LogP contribution in [0, 0.1) is 0 Å². The fraction of sp³-hybridized carbons (Fsp3) is 0.571. The smallest absolute Gasteiger partial charge is 0.410 e. The molecule has 1 N–H and O–H groups in total. The highest BCUT2D eigenvalue weighted by Crippen LogP contribution is 2.27. The third-order valence-corrected chi connectivity index (χ3v) is 11.1. The number of rotatable bonds is 6. The third-order valence-electron chi connectivity index (χ3n) is 10.2. The van der Waals surface area contributed by atoms with Crippen LogP contribution in [0.2, 0.25) is 0 Å². The lowest BCUT2D eigenvalue weighted by molar-refractivity contribution is -0.142. The maximum atomic E-state index is 14.0. The molecule has 10 nitrogen and oxygen atoms in total. The summed E-state index contributed by atoms with van der Waals surface area (Å²) >= 11 is 7.12. The molecule has 3 saturated heterocycles. The molecule has 4 heterocycles. The van der Waals surface area contributed by atoms with Crippen LogP contribution in [0.1, 0.15) is 43.2 Å². The van der Waals surface area contributed by atoms with Crippen molar-refractivity contribution >= 4 is 55.6 Å². The zero-order chi connectivity index (χ0) is 32.9. The predicted molar refractivity (Wildman–Crippen MR) is 190 cm³/mol. The van der Waals surface area contributed by atoms with Gasteiger partial charge < -0.3 is 29.7 Å². The summed E-state index contributed by atoms with van der Waals surface area (Å²) in [5, 5.41) is 3.06. The Morgan fingerprint density at radius 2 is 1.53 bits per heavy atom. The Kier molecular flexibility index (Phi) is 11.4. The van der Waals surface area contributed by atoms with E-state index in [2.05, 4.69) is 60.1 Å². The first-order valence-electron chi connectivity index (χ1n) is 17.0. The molecule has 0 saturated carbocycles. The fourth-order valence-electron chi connectivity index (χ4n) is 7.50. The number of nitrogens with one attached hydrogen (secondary N) is 1. The average Bonchev–Trinajstić information content (AvgIpc) is 3.38. The van der Waals surface area contributed by atoms with Gasteiger partial charge in [-0.3, -0.25) is 9.69 Å². The first-order chi connectivity index (χ1) is 22.7. The molecule has 0 unspecified atom stereocenters. The number of nitrogens with zero attached hydrogens (tertiary/aromatic N) is 5. The van der Waals surface area contributed by atoms with Gasteiger partial charge in [-0.25, -0.2) is 9.59 Å². The highest BCUT2D eigenvalue weighted by molar-refractivity contribution is 9.11. The van der Waals surface area contributed by atoms with Crippen LogP contribution in [-0.2, 0) is 22.4 Å². The molecule has 2 aromatic rings. The first-order valence-corrected chi connectivity index (χ1v) is 18.6. The van der Waals surface area contributed by atoms with E-state index in [-0.39, 0.29) is 18.0 Å². The van der Waals surface area contributed by atoms with Gasteiger partial charge in [0.1, 0.15) is 0 Å². The van der Waals surface area contributed by atoms with Gasteiger partial charge in [0.05, 0.1) is 0 Å². The summed E-state index contributed by atoms with van der Waals surface area (Å²) < 4.78 is 7.87. The van der Waals surface area contributed by atoms with Crippen molar-refractivity contribution in [1.29, 1.82) is 0 Å². The summed E-state index contributed by atoms with van der Waals surface area (Å²) in [7, 11) is 2.19. The Bertz CT molecular complexity index is 1410. The minimum Gasteiger partial charge on any atom is -0.436 e. The molecular formula is C35H46Br2N6O4. The number of hydrogen-bond acceptors (Lipinski definition) is 6. The molecule has 0 spiro atoms. The van der Waals surface area contributed by atoms with Crippen molar-refractivity contribution in [3.63, 3.8) is 0 Å². The van der Waals surface area contributed by atoms with Crippen molar-refractivity contribution < 1.29 is 19.1 Å². The van der Waals surface area contributed by atoms with Gasteiger partial charge in [0, 0.05) is 79.0 Å². The van der Waals surface area contributed by atoms with E-state index in [9.17, 15) is 14.4 Å². The quantitative estimate of drug-likeness (QED) is 0.421. The third kappa shape index (κ3) is 8.68. The molecular weight excluding hydrogens is 728 g/mol. The number of urea groups is 1. The number of likely N-dealkylation sites (tertiary alicyclic amines) is 2. The average molecular weight is 775 g/mol.